The van der Waals surface area contributed by atoms with Gasteiger partial charge in [-0.3, -0.25) is 0 Å². The van der Waals surface area contributed by atoms with Crippen molar-refractivity contribution in [1.82, 2.24) is 10.2 Å². The van der Waals surface area contributed by atoms with Crippen molar-refractivity contribution in [3.8, 4) is 0 Å². The Balaban J connectivity index is 2.58. The van der Waals surface area contributed by atoms with Gasteiger partial charge in [0.15, 0.2) is 0 Å². The molecule has 0 bridgehead atoms. The number of hydrogen-bond donors (Lipinski definition) is 1. The van der Waals surface area contributed by atoms with E-state index in [1.54, 1.807) is 11.8 Å². The molecule has 0 fully saturated rings. The van der Waals surface area contributed by atoms with E-state index in [4.69, 9.17) is 10.2 Å². The minimum atomic E-state index is -0.140. The fourth-order valence-electron chi connectivity index (χ4n) is 1.10. The molecule has 0 aliphatic heterocycles. The van der Waals surface area contributed by atoms with Crippen molar-refractivity contribution in [3.05, 3.63) is 5.89 Å². The van der Waals surface area contributed by atoms with Crippen LogP contribution in [-0.4, -0.2) is 16.0 Å². The number of thioether (sulfide) groups is 1. The first-order chi connectivity index (χ1) is 7.19. The van der Waals surface area contributed by atoms with Crippen LogP contribution in [0.3, 0.4) is 0 Å². The first-order valence-electron chi connectivity index (χ1n) is 5.40. The van der Waals surface area contributed by atoms with E-state index in [9.17, 15) is 0 Å². The molecule has 0 saturated heterocycles. The first-order valence-corrected chi connectivity index (χ1v) is 6.39. The minimum Gasteiger partial charge on any atom is -0.414 e. The Morgan fingerprint density at radius 1 is 1.40 bits per heavy atom. The molecule has 0 unspecified atom stereocenters. The summed E-state index contributed by atoms with van der Waals surface area (Å²) >= 11 is 1.58. The Morgan fingerprint density at radius 3 is 2.73 bits per heavy atom. The van der Waals surface area contributed by atoms with Crippen molar-refractivity contribution in [2.75, 3.05) is 5.75 Å². The summed E-state index contributed by atoms with van der Waals surface area (Å²) in [6.45, 7) is 6.32. The Kier molecular flexibility index (Phi) is 5.11. The largest absolute Gasteiger partial charge is 0.414 e. The molecule has 0 saturated carbocycles. The number of aromatic nitrogens is 2. The van der Waals surface area contributed by atoms with Crippen LogP contribution in [0.25, 0.3) is 0 Å². The number of hydrogen-bond acceptors (Lipinski definition) is 5. The molecule has 0 aromatic carbocycles. The summed E-state index contributed by atoms with van der Waals surface area (Å²) in [4.78, 5) is 0. The molecule has 4 nitrogen and oxygen atoms in total. The Morgan fingerprint density at radius 2 is 2.13 bits per heavy atom. The highest BCUT2D eigenvalue weighted by Gasteiger charge is 2.19. The molecule has 1 heterocycles. The van der Waals surface area contributed by atoms with Crippen molar-refractivity contribution >= 4 is 11.8 Å². The highest BCUT2D eigenvalue weighted by molar-refractivity contribution is 7.99. The summed E-state index contributed by atoms with van der Waals surface area (Å²) in [6, 6.07) is -0.140. The monoisotopic (exact) mass is 229 g/mol. The summed E-state index contributed by atoms with van der Waals surface area (Å²) in [5, 5.41) is 8.56. The molecule has 2 N–H and O–H groups in total. The van der Waals surface area contributed by atoms with Gasteiger partial charge < -0.3 is 10.2 Å². The van der Waals surface area contributed by atoms with E-state index in [2.05, 4.69) is 31.0 Å². The lowest BCUT2D eigenvalue weighted by Gasteiger charge is -2.13. The fourth-order valence-corrected chi connectivity index (χ4v) is 1.72. The molecule has 0 radical (unpaired) electrons. The van der Waals surface area contributed by atoms with E-state index < -0.39 is 0 Å². The zero-order chi connectivity index (χ0) is 11.3. The second-order valence-electron chi connectivity index (χ2n) is 3.67. The average Bonchev–Trinajstić information content (AvgIpc) is 2.72. The molecule has 0 aliphatic carbocycles. The Bertz CT molecular complexity index is 290. The topological polar surface area (TPSA) is 64.9 Å². The van der Waals surface area contributed by atoms with Gasteiger partial charge in [0.05, 0.1) is 6.04 Å². The SMILES string of the molecule is CCCSc1nnc([C@@H](N)[C@@H](C)CC)o1. The van der Waals surface area contributed by atoms with Gasteiger partial charge in [-0.2, -0.15) is 0 Å². The summed E-state index contributed by atoms with van der Waals surface area (Å²) in [7, 11) is 0. The lowest BCUT2D eigenvalue weighted by atomic mass is 10.0. The van der Waals surface area contributed by atoms with E-state index in [1.807, 2.05) is 0 Å². The zero-order valence-corrected chi connectivity index (χ0v) is 10.4. The third-order valence-corrected chi connectivity index (χ3v) is 3.42. The third-order valence-electron chi connectivity index (χ3n) is 2.39. The normalized spacial score (nSPS) is 15.2. The van der Waals surface area contributed by atoms with Gasteiger partial charge in [0, 0.05) is 5.75 Å². The van der Waals surface area contributed by atoms with Crippen LogP contribution in [0.5, 0.6) is 0 Å². The van der Waals surface area contributed by atoms with Crippen LogP contribution >= 0.6 is 11.8 Å². The summed E-state index contributed by atoms with van der Waals surface area (Å²) in [5.74, 6) is 1.93. The molecule has 0 spiro atoms. The molecule has 1 rings (SSSR count). The van der Waals surface area contributed by atoms with Crippen LogP contribution in [0.1, 0.15) is 45.5 Å². The summed E-state index contributed by atoms with van der Waals surface area (Å²) < 4.78 is 5.49. The third kappa shape index (κ3) is 3.50. The van der Waals surface area contributed by atoms with E-state index in [0.29, 0.717) is 17.0 Å². The molecule has 86 valence electrons. The van der Waals surface area contributed by atoms with Crippen LogP contribution < -0.4 is 5.73 Å². The molecule has 15 heavy (non-hydrogen) atoms. The lowest BCUT2D eigenvalue weighted by Crippen LogP contribution is -2.18. The smallest absolute Gasteiger partial charge is 0.276 e. The van der Waals surface area contributed by atoms with Crippen LogP contribution in [0, 0.1) is 5.92 Å². The maximum atomic E-state index is 5.99. The molecule has 2 atom stereocenters. The molecule has 0 amide bonds. The van der Waals surface area contributed by atoms with Gasteiger partial charge in [0.2, 0.25) is 5.89 Å². The molecule has 5 heteroatoms. The number of nitrogens with zero attached hydrogens (tertiary/aromatic N) is 2. The van der Waals surface area contributed by atoms with Crippen LogP contribution in [0.2, 0.25) is 0 Å². The Hall–Kier alpha value is -0.550. The highest BCUT2D eigenvalue weighted by atomic mass is 32.2. The molecular formula is C10H19N3OS. The molecule has 1 aromatic heterocycles. The van der Waals surface area contributed by atoms with Crippen molar-refractivity contribution in [1.29, 1.82) is 0 Å². The van der Waals surface area contributed by atoms with Gasteiger partial charge in [-0.25, -0.2) is 0 Å². The van der Waals surface area contributed by atoms with Gasteiger partial charge in [0.1, 0.15) is 0 Å². The summed E-state index contributed by atoms with van der Waals surface area (Å²) in [5.41, 5.74) is 5.99. The van der Waals surface area contributed by atoms with Crippen molar-refractivity contribution in [2.45, 2.75) is 44.9 Å². The van der Waals surface area contributed by atoms with Crippen molar-refractivity contribution < 1.29 is 4.42 Å². The number of nitrogens with two attached hydrogens (primary N) is 1. The van der Waals surface area contributed by atoms with Gasteiger partial charge in [0.25, 0.3) is 5.22 Å². The highest BCUT2D eigenvalue weighted by Crippen LogP contribution is 2.24. The van der Waals surface area contributed by atoms with E-state index in [0.717, 1.165) is 18.6 Å². The second kappa shape index (κ2) is 6.12. The predicted octanol–water partition coefficient (Wildman–Crippen LogP) is 2.62. The van der Waals surface area contributed by atoms with Crippen LogP contribution in [0.4, 0.5) is 0 Å². The Labute approximate surface area is 95.0 Å². The van der Waals surface area contributed by atoms with E-state index >= 15 is 0 Å². The van der Waals surface area contributed by atoms with Gasteiger partial charge in [-0.15, -0.1) is 10.2 Å². The van der Waals surface area contributed by atoms with Crippen LogP contribution in [-0.2, 0) is 0 Å². The fraction of sp³-hybridized carbons (Fsp3) is 0.800. The molecular weight excluding hydrogens is 210 g/mol. The average molecular weight is 229 g/mol. The maximum absolute atomic E-state index is 5.99. The van der Waals surface area contributed by atoms with Gasteiger partial charge in [-0.1, -0.05) is 39.0 Å². The van der Waals surface area contributed by atoms with Crippen molar-refractivity contribution in [2.24, 2.45) is 11.7 Å². The minimum absolute atomic E-state index is 0.140. The standard InChI is InChI=1S/C10H19N3OS/c1-4-6-15-10-13-12-9(14-10)8(11)7(3)5-2/h7-8H,4-6,11H2,1-3H3/t7-,8-/m0/s1. The zero-order valence-electron chi connectivity index (χ0n) is 9.56. The quantitative estimate of drug-likeness (QED) is 0.760. The van der Waals surface area contributed by atoms with Gasteiger partial charge >= 0.3 is 0 Å². The summed E-state index contributed by atoms with van der Waals surface area (Å²) in [6.07, 6.45) is 2.11. The van der Waals surface area contributed by atoms with Crippen LogP contribution in [0.15, 0.2) is 9.64 Å². The van der Waals surface area contributed by atoms with Crippen molar-refractivity contribution in [3.63, 3.8) is 0 Å². The maximum Gasteiger partial charge on any atom is 0.276 e. The molecule has 0 aliphatic rings. The van der Waals surface area contributed by atoms with E-state index in [1.165, 1.54) is 0 Å². The first kappa shape index (κ1) is 12.5. The predicted molar refractivity (Wildman–Crippen MR) is 61.7 cm³/mol. The van der Waals surface area contributed by atoms with Gasteiger partial charge in [-0.05, 0) is 12.3 Å². The second-order valence-corrected chi connectivity index (χ2v) is 4.71. The number of rotatable bonds is 6. The molecule has 1 aromatic rings. The lowest BCUT2D eigenvalue weighted by molar-refractivity contribution is 0.333. The van der Waals surface area contributed by atoms with E-state index in [-0.39, 0.29) is 6.04 Å².